The van der Waals surface area contributed by atoms with Gasteiger partial charge in [-0.2, -0.15) is 0 Å². The predicted molar refractivity (Wildman–Crippen MR) is 110 cm³/mol. The van der Waals surface area contributed by atoms with Crippen molar-refractivity contribution in [2.75, 3.05) is 7.11 Å². The lowest BCUT2D eigenvalue weighted by atomic mass is 9.85. The van der Waals surface area contributed by atoms with Gasteiger partial charge in [0, 0.05) is 23.2 Å². The maximum Gasteiger partial charge on any atom is 0.130 e. The fourth-order valence-corrected chi connectivity index (χ4v) is 4.50. The van der Waals surface area contributed by atoms with E-state index in [0.717, 1.165) is 22.9 Å². The Kier molecular flexibility index (Phi) is 4.65. The molecule has 4 rings (SSSR count). The zero-order valence-corrected chi connectivity index (χ0v) is 16.3. The van der Waals surface area contributed by atoms with E-state index < -0.39 is 0 Å². The first kappa shape index (κ1) is 18.6. The minimum atomic E-state index is -0.210. The number of fused-ring (bicyclic) bond motifs is 2. The molecule has 3 aromatic carbocycles. The zero-order valence-electron chi connectivity index (χ0n) is 16.3. The number of benzene rings is 3. The van der Waals surface area contributed by atoms with Crippen LogP contribution >= 0.6 is 0 Å². The van der Waals surface area contributed by atoms with E-state index in [1.165, 1.54) is 7.11 Å². The molecule has 0 fully saturated rings. The maximum atomic E-state index is 11.2. The van der Waals surface area contributed by atoms with Crippen molar-refractivity contribution in [2.24, 2.45) is 0 Å². The number of hydrogen-bond acceptors (Lipinski definition) is 5. The van der Waals surface area contributed by atoms with Crippen molar-refractivity contribution < 1.29 is 20.1 Å². The Morgan fingerprint density at radius 2 is 1.93 bits per heavy atom. The van der Waals surface area contributed by atoms with E-state index in [2.05, 4.69) is 18.3 Å². The summed E-state index contributed by atoms with van der Waals surface area (Å²) in [5.74, 6) is 0.803. The highest BCUT2D eigenvalue weighted by Gasteiger charge is 2.27. The van der Waals surface area contributed by atoms with Crippen LogP contribution in [0.3, 0.4) is 0 Å². The van der Waals surface area contributed by atoms with E-state index in [0.29, 0.717) is 33.9 Å². The van der Waals surface area contributed by atoms with Crippen LogP contribution in [0.2, 0.25) is 0 Å². The fourth-order valence-electron chi connectivity index (χ4n) is 4.50. The van der Waals surface area contributed by atoms with Crippen molar-refractivity contribution >= 4 is 10.8 Å². The van der Waals surface area contributed by atoms with Gasteiger partial charge in [0.25, 0.3) is 0 Å². The van der Waals surface area contributed by atoms with E-state index in [1.807, 2.05) is 19.1 Å². The van der Waals surface area contributed by atoms with Gasteiger partial charge in [0.15, 0.2) is 0 Å². The van der Waals surface area contributed by atoms with Crippen LogP contribution in [0.5, 0.6) is 17.2 Å². The normalized spacial score (nSPS) is 18.9. The van der Waals surface area contributed by atoms with Gasteiger partial charge in [-0.15, -0.1) is 0 Å². The van der Waals surface area contributed by atoms with E-state index in [4.69, 9.17) is 4.74 Å². The quantitative estimate of drug-likeness (QED) is 0.553. The minimum absolute atomic E-state index is 0.0224. The van der Waals surface area contributed by atoms with Gasteiger partial charge >= 0.3 is 0 Å². The molecule has 0 aromatic heterocycles. The molecular formula is C23H25NO4. The second-order valence-electron chi connectivity index (χ2n) is 7.50. The number of phenolic OH excluding ortho intramolecular Hbond substituents is 2. The molecular weight excluding hydrogens is 354 g/mol. The lowest BCUT2D eigenvalue weighted by molar-refractivity contribution is 0.281. The Balaban J connectivity index is 2.06. The molecule has 1 heterocycles. The first-order chi connectivity index (χ1) is 13.5. The van der Waals surface area contributed by atoms with Crippen molar-refractivity contribution in [1.82, 2.24) is 5.32 Å². The van der Waals surface area contributed by atoms with Crippen molar-refractivity contribution in [2.45, 2.75) is 39.0 Å². The number of aromatic hydroxyl groups is 2. The molecule has 0 amide bonds. The van der Waals surface area contributed by atoms with E-state index >= 15 is 0 Å². The largest absolute Gasteiger partial charge is 0.507 e. The topological polar surface area (TPSA) is 82.0 Å². The van der Waals surface area contributed by atoms with Crippen molar-refractivity contribution in [3.63, 3.8) is 0 Å². The summed E-state index contributed by atoms with van der Waals surface area (Å²) in [4.78, 5) is 0. The van der Waals surface area contributed by atoms with Gasteiger partial charge in [0.1, 0.15) is 17.2 Å². The molecule has 5 nitrogen and oxygen atoms in total. The summed E-state index contributed by atoms with van der Waals surface area (Å²) >= 11 is 0. The standard InChI is InChI=1S/C23H25NO4/c1-12-9-14-7-8-17(23(27)20(14)13(2)24-12)21-15(11-25)10-19(28-3)22-16(21)5-4-6-18(22)26/h4-8,10,12-13,24-27H,9,11H2,1-3H3/t12-,13+/m1/s1. The smallest absolute Gasteiger partial charge is 0.130 e. The first-order valence-electron chi connectivity index (χ1n) is 9.49. The molecule has 0 unspecified atom stereocenters. The Hall–Kier alpha value is -2.76. The first-order valence-corrected chi connectivity index (χ1v) is 9.49. The van der Waals surface area contributed by atoms with Gasteiger partial charge in [-0.25, -0.2) is 0 Å². The number of phenols is 2. The summed E-state index contributed by atoms with van der Waals surface area (Å²) in [5.41, 5.74) is 4.01. The van der Waals surface area contributed by atoms with Gasteiger partial charge in [-0.05, 0) is 54.5 Å². The average Bonchev–Trinajstić information content (AvgIpc) is 2.67. The summed E-state index contributed by atoms with van der Waals surface area (Å²) in [6, 6.07) is 11.3. The summed E-state index contributed by atoms with van der Waals surface area (Å²) in [6.07, 6.45) is 0.852. The highest BCUT2D eigenvalue weighted by molar-refractivity contribution is 6.05. The monoisotopic (exact) mass is 379 g/mol. The highest BCUT2D eigenvalue weighted by atomic mass is 16.5. The molecule has 0 bridgehead atoms. The number of ether oxygens (including phenoxy) is 1. The number of methoxy groups -OCH3 is 1. The maximum absolute atomic E-state index is 11.2. The molecule has 4 N–H and O–H groups in total. The molecule has 3 aromatic rings. The molecule has 1 aliphatic heterocycles. The third-order valence-electron chi connectivity index (χ3n) is 5.65. The summed E-state index contributed by atoms with van der Waals surface area (Å²) in [6.45, 7) is 3.97. The van der Waals surface area contributed by atoms with E-state index in [9.17, 15) is 15.3 Å². The second-order valence-corrected chi connectivity index (χ2v) is 7.50. The van der Waals surface area contributed by atoms with Crippen LogP contribution < -0.4 is 10.1 Å². The Labute approximate surface area is 164 Å². The number of aliphatic hydroxyl groups is 1. The van der Waals surface area contributed by atoms with Crippen LogP contribution in [-0.4, -0.2) is 28.5 Å². The van der Waals surface area contributed by atoms with Gasteiger partial charge in [-0.1, -0.05) is 24.3 Å². The molecule has 0 saturated carbocycles. The number of hydrogen-bond donors (Lipinski definition) is 4. The van der Waals surface area contributed by atoms with Crippen molar-refractivity contribution in [1.29, 1.82) is 0 Å². The number of nitrogens with one attached hydrogen (secondary N) is 1. The SMILES string of the molecule is COc1cc(CO)c(-c2ccc3c(c2O)[C@H](C)N[C@H](C)C3)c2cccc(O)c12. The molecule has 5 heteroatoms. The Bertz CT molecular complexity index is 1060. The summed E-state index contributed by atoms with van der Waals surface area (Å²) < 4.78 is 5.45. The molecule has 0 aliphatic carbocycles. The van der Waals surface area contributed by atoms with Gasteiger partial charge < -0.3 is 25.4 Å². The minimum Gasteiger partial charge on any atom is -0.507 e. The van der Waals surface area contributed by atoms with Crippen LogP contribution in [-0.2, 0) is 13.0 Å². The molecule has 0 radical (unpaired) electrons. The second kappa shape index (κ2) is 7.00. The fraction of sp³-hybridized carbons (Fsp3) is 0.304. The van der Waals surface area contributed by atoms with Crippen LogP contribution in [0.15, 0.2) is 36.4 Å². The van der Waals surface area contributed by atoms with E-state index in [-0.39, 0.29) is 24.1 Å². The number of rotatable bonds is 3. The highest BCUT2D eigenvalue weighted by Crippen LogP contribution is 2.46. The van der Waals surface area contributed by atoms with Crippen molar-refractivity contribution in [3.8, 4) is 28.4 Å². The van der Waals surface area contributed by atoms with Gasteiger partial charge in [0.05, 0.1) is 19.1 Å². The Morgan fingerprint density at radius 3 is 2.64 bits per heavy atom. The van der Waals surface area contributed by atoms with Crippen LogP contribution in [0.1, 0.15) is 36.6 Å². The number of aliphatic hydroxyl groups excluding tert-OH is 1. The van der Waals surface area contributed by atoms with Crippen LogP contribution in [0.25, 0.3) is 21.9 Å². The predicted octanol–water partition coefficient (Wildman–Crippen LogP) is 4.01. The lowest BCUT2D eigenvalue weighted by Gasteiger charge is -2.31. The lowest BCUT2D eigenvalue weighted by Crippen LogP contribution is -2.36. The van der Waals surface area contributed by atoms with E-state index in [1.54, 1.807) is 18.2 Å². The summed E-state index contributed by atoms with van der Waals surface area (Å²) in [5, 5.41) is 36.4. The Morgan fingerprint density at radius 1 is 1.14 bits per heavy atom. The van der Waals surface area contributed by atoms with Gasteiger partial charge in [0.2, 0.25) is 0 Å². The third-order valence-corrected chi connectivity index (χ3v) is 5.65. The summed E-state index contributed by atoms with van der Waals surface area (Å²) in [7, 11) is 1.53. The van der Waals surface area contributed by atoms with Crippen molar-refractivity contribution in [3.05, 3.63) is 53.1 Å². The molecule has 0 saturated heterocycles. The molecule has 1 aliphatic rings. The third kappa shape index (κ3) is 2.79. The average molecular weight is 379 g/mol. The molecule has 28 heavy (non-hydrogen) atoms. The van der Waals surface area contributed by atoms with Gasteiger partial charge in [-0.3, -0.25) is 0 Å². The van der Waals surface area contributed by atoms with Crippen LogP contribution in [0, 0.1) is 0 Å². The molecule has 146 valence electrons. The zero-order chi connectivity index (χ0) is 20.0. The molecule has 0 spiro atoms. The molecule has 2 atom stereocenters. The van der Waals surface area contributed by atoms with Crippen LogP contribution in [0.4, 0.5) is 0 Å².